The fraction of sp³-hybridized carbons (Fsp3) is 0.480. The molecule has 0 bridgehead atoms. The Bertz CT molecular complexity index is 927. The molecule has 31 heavy (non-hydrogen) atoms. The van der Waals surface area contributed by atoms with Crippen molar-refractivity contribution in [2.45, 2.75) is 45.4 Å². The number of piperidine rings is 1. The van der Waals surface area contributed by atoms with E-state index in [9.17, 15) is 13.2 Å². The van der Waals surface area contributed by atoms with E-state index in [1.54, 1.807) is 0 Å². The largest absolute Gasteiger partial charge is 0.356 e. The van der Waals surface area contributed by atoms with Gasteiger partial charge < -0.3 is 5.32 Å². The second-order valence-electron chi connectivity index (χ2n) is 8.48. The van der Waals surface area contributed by atoms with E-state index < -0.39 is 10.0 Å². The molecule has 0 saturated carbocycles. The number of sulfonamides is 1. The molecule has 6 heteroatoms. The van der Waals surface area contributed by atoms with Crippen LogP contribution < -0.4 is 5.32 Å². The van der Waals surface area contributed by atoms with Crippen molar-refractivity contribution < 1.29 is 13.2 Å². The number of benzene rings is 2. The molecule has 1 unspecified atom stereocenters. The van der Waals surface area contributed by atoms with E-state index in [0.717, 1.165) is 37.7 Å². The lowest BCUT2D eigenvalue weighted by atomic mass is 9.99. The molecule has 0 aliphatic carbocycles. The maximum absolute atomic E-state index is 12.8. The molecule has 0 aromatic heterocycles. The number of amides is 1. The van der Waals surface area contributed by atoms with Gasteiger partial charge in [-0.05, 0) is 56.6 Å². The van der Waals surface area contributed by atoms with Gasteiger partial charge in [-0.15, -0.1) is 0 Å². The number of aryl methyl sites for hydroxylation is 3. The van der Waals surface area contributed by atoms with Gasteiger partial charge in [-0.2, -0.15) is 0 Å². The van der Waals surface area contributed by atoms with Gasteiger partial charge in [-0.25, -0.2) is 12.7 Å². The quantitative estimate of drug-likeness (QED) is 0.570. The van der Waals surface area contributed by atoms with Crippen molar-refractivity contribution >= 4 is 15.9 Å². The molecule has 1 heterocycles. The molecular formula is C25H34N2O3S. The summed E-state index contributed by atoms with van der Waals surface area (Å²) in [6.07, 6.45) is 4.63. The Hall–Kier alpha value is -2.18. The maximum Gasteiger partial charge on any atom is 0.224 e. The Morgan fingerprint density at radius 2 is 1.68 bits per heavy atom. The molecule has 1 atom stereocenters. The Balaban J connectivity index is 1.40. The summed E-state index contributed by atoms with van der Waals surface area (Å²) in [5, 5.41) is 3.01. The van der Waals surface area contributed by atoms with Crippen molar-refractivity contribution in [2.75, 3.05) is 25.4 Å². The van der Waals surface area contributed by atoms with Gasteiger partial charge in [0.25, 0.3) is 0 Å². The second-order valence-corrected chi connectivity index (χ2v) is 10.6. The third-order valence-corrected chi connectivity index (χ3v) is 7.84. The fourth-order valence-electron chi connectivity index (χ4n) is 4.04. The number of nitrogens with one attached hydrogen (secondary N) is 1. The minimum Gasteiger partial charge on any atom is -0.356 e. The normalized spacial score (nSPS) is 17.4. The predicted molar refractivity (Wildman–Crippen MR) is 125 cm³/mol. The molecule has 5 nitrogen and oxygen atoms in total. The molecule has 0 spiro atoms. The molecule has 1 amide bonds. The molecule has 1 aliphatic heterocycles. The lowest BCUT2D eigenvalue weighted by molar-refractivity contribution is -0.126. The number of nitrogens with zero attached hydrogens (tertiary/aromatic N) is 1. The molecule has 3 rings (SSSR count). The van der Waals surface area contributed by atoms with Crippen LogP contribution in [-0.4, -0.2) is 44.0 Å². The first-order chi connectivity index (χ1) is 14.9. The van der Waals surface area contributed by atoms with Gasteiger partial charge in [0, 0.05) is 19.6 Å². The minimum absolute atomic E-state index is 0.0203. The highest BCUT2D eigenvalue weighted by Crippen LogP contribution is 2.20. The maximum atomic E-state index is 12.8. The summed E-state index contributed by atoms with van der Waals surface area (Å²) < 4.78 is 27.1. The molecule has 168 valence electrons. The Kier molecular flexibility index (Phi) is 8.67. The van der Waals surface area contributed by atoms with Gasteiger partial charge in [0.15, 0.2) is 0 Å². The molecule has 1 aliphatic rings. The van der Waals surface area contributed by atoms with Crippen LogP contribution in [0, 0.1) is 12.8 Å². The molecule has 1 saturated heterocycles. The molecular weight excluding hydrogens is 408 g/mol. The fourth-order valence-corrected chi connectivity index (χ4v) is 5.63. The van der Waals surface area contributed by atoms with Crippen molar-refractivity contribution in [1.29, 1.82) is 0 Å². The van der Waals surface area contributed by atoms with Gasteiger partial charge in [0.1, 0.15) is 0 Å². The molecule has 1 fully saturated rings. The van der Waals surface area contributed by atoms with Gasteiger partial charge in [0.05, 0.1) is 11.7 Å². The molecule has 2 aromatic rings. The van der Waals surface area contributed by atoms with Gasteiger partial charge in [-0.3, -0.25) is 4.79 Å². The summed E-state index contributed by atoms with van der Waals surface area (Å²) >= 11 is 0. The van der Waals surface area contributed by atoms with Crippen LogP contribution in [0.25, 0.3) is 0 Å². The van der Waals surface area contributed by atoms with E-state index in [-0.39, 0.29) is 17.6 Å². The van der Waals surface area contributed by atoms with Crippen molar-refractivity contribution in [1.82, 2.24) is 9.62 Å². The van der Waals surface area contributed by atoms with Crippen molar-refractivity contribution in [3.05, 3.63) is 71.3 Å². The topological polar surface area (TPSA) is 66.5 Å². The van der Waals surface area contributed by atoms with Crippen LogP contribution in [0.15, 0.2) is 54.6 Å². The highest BCUT2D eigenvalue weighted by atomic mass is 32.2. The SMILES string of the molecule is Cc1ccc(CCCNC(=O)C2CCCN(S(=O)(=O)CCCc3ccccc3)C2)cc1. The number of hydrogen-bond acceptors (Lipinski definition) is 3. The zero-order valence-corrected chi connectivity index (χ0v) is 19.2. The lowest BCUT2D eigenvalue weighted by Crippen LogP contribution is -2.46. The van der Waals surface area contributed by atoms with Crippen molar-refractivity contribution in [3.8, 4) is 0 Å². The Morgan fingerprint density at radius 1 is 1.00 bits per heavy atom. The first-order valence-corrected chi connectivity index (χ1v) is 12.9. The number of hydrogen-bond donors (Lipinski definition) is 1. The molecule has 1 N–H and O–H groups in total. The third-order valence-electron chi connectivity index (χ3n) is 5.92. The summed E-state index contributed by atoms with van der Waals surface area (Å²) in [5.41, 5.74) is 3.67. The van der Waals surface area contributed by atoms with E-state index in [4.69, 9.17) is 0 Å². The van der Waals surface area contributed by atoms with E-state index >= 15 is 0 Å². The Morgan fingerprint density at radius 3 is 2.42 bits per heavy atom. The van der Waals surface area contributed by atoms with E-state index in [1.807, 2.05) is 30.3 Å². The highest BCUT2D eigenvalue weighted by Gasteiger charge is 2.31. The third kappa shape index (κ3) is 7.47. The summed E-state index contributed by atoms with van der Waals surface area (Å²) in [6.45, 7) is 3.51. The minimum atomic E-state index is -3.33. The average Bonchev–Trinajstić information content (AvgIpc) is 2.78. The zero-order valence-electron chi connectivity index (χ0n) is 18.4. The predicted octanol–water partition coefficient (Wildman–Crippen LogP) is 3.72. The summed E-state index contributed by atoms with van der Waals surface area (Å²) in [4.78, 5) is 12.6. The number of carbonyl (C=O) groups excluding carboxylic acids is 1. The van der Waals surface area contributed by atoms with Gasteiger partial charge in [0.2, 0.25) is 15.9 Å². The van der Waals surface area contributed by atoms with Crippen molar-refractivity contribution in [2.24, 2.45) is 5.92 Å². The number of rotatable bonds is 10. The molecule has 0 radical (unpaired) electrons. The van der Waals surface area contributed by atoms with E-state index in [1.165, 1.54) is 15.4 Å². The van der Waals surface area contributed by atoms with Crippen LogP contribution in [0.2, 0.25) is 0 Å². The van der Waals surface area contributed by atoms with Crippen LogP contribution in [0.4, 0.5) is 0 Å². The summed E-state index contributed by atoms with van der Waals surface area (Å²) in [6, 6.07) is 18.4. The van der Waals surface area contributed by atoms with Gasteiger partial charge >= 0.3 is 0 Å². The van der Waals surface area contributed by atoms with Crippen molar-refractivity contribution in [3.63, 3.8) is 0 Å². The monoisotopic (exact) mass is 442 g/mol. The lowest BCUT2D eigenvalue weighted by Gasteiger charge is -2.31. The number of carbonyl (C=O) groups is 1. The van der Waals surface area contributed by atoms with Crippen LogP contribution in [0.1, 0.15) is 42.4 Å². The second kappa shape index (κ2) is 11.4. The van der Waals surface area contributed by atoms with Crippen LogP contribution in [0.3, 0.4) is 0 Å². The molecule has 2 aromatic carbocycles. The van der Waals surface area contributed by atoms with Crippen LogP contribution in [0.5, 0.6) is 0 Å². The van der Waals surface area contributed by atoms with Gasteiger partial charge in [-0.1, -0.05) is 60.2 Å². The summed E-state index contributed by atoms with van der Waals surface area (Å²) in [7, 11) is -3.33. The standard InChI is InChI=1S/C25H34N2O3S/c1-21-13-15-23(16-14-21)10-5-17-26-25(28)24-12-6-18-27(20-24)31(29,30)19-7-11-22-8-3-2-4-9-22/h2-4,8-9,13-16,24H,5-7,10-12,17-20H2,1H3,(H,26,28). The zero-order chi connectivity index (χ0) is 22.1. The first-order valence-electron chi connectivity index (χ1n) is 11.3. The van der Waals surface area contributed by atoms with Crippen LogP contribution >= 0.6 is 0 Å². The first kappa shape index (κ1) is 23.5. The summed E-state index contributed by atoms with van der Waals surface area (Å²) in [5.74, 6) is -0.141. The highest BCUT2D eigenvalue weighted by molar-refractivity contribution is 7.89. The van der Waals surface area contributed by atoms with E-state index in [2.05, 4.69) is 36.5 Å². The smallest absolute Gasteiger partial charge is 0.224 e. The van der Waals surface area contributed by atoms with E-state index in [0.29, 0.717) is 26.1 Å². The Labute approximate surface area is 186 Å². The van der Waals surface area contributed by atoms with Crippen LogP contribution in [-0.2, 0) is 27.7 Å². The average molecular weight is 443 g/mol.